The lowest BCUT2D eigenvalue weighted by molar-refractivity contribution is -0.156. The van der Waals surface area contributed by atoms with Crippen LogP contribution < -0.4 is 10.7 Å². The minimum Gasteiger partial charge on any atom is -0.464 e. The summed E-state index contributed by atoms with van der Waals surface area (Å²) in [6.07, 6.45) is 3.86. The molecule has 3 fully saturated rings. The van der Waals surface area contributed by atoms with Crippen LogP contribution in [0.15, 0.2) is 46.9 Å². The number of thiazole rings is 1. The molecule has 3 amide bonds. The van der Waals surface area contributed by atoms with E-state index in [1.54, 1.807) is 13.3 Å². The van der Waals surface area contributed by atoms with Crippen LogP contribution in [0, 0.1) is 23.2 Å². The van der Waals surface area contributed by atoms with E-state index in [1.807, 2.05) is 51.1 Å². The number of hydrazine groups is 1. The van der Waals surface area contributed by atoms with Crippen molar-refractivity contribution < 1.29 is 33.4 Å². The predicted molar refractivity (Wildman–Crippen MR) is 249 cm³/mol. The number of fused-ring (bicyclic) bond motifs is 6. The molecule has 6 bridgehead atoms. The molecule has 7 rings (SSSR count). The molecule has 15 nitrogen and oxygen atoms in total. The molecule has 1 aliphatic carbocycles. The van der Waals surface area contributed by atoms with E-state index in [9.17, 15) is 19.2 Å². The summed E-state index contributed by atoms with van der Waals surface area (Å²) in [6.45, 7) is 22.3. The van der Waals surface area contributed by atoms with Gasteiger partial charge in [0.25, 0.3) is 5.91 Å². The minimum absolute atomic E-state index is 0.0253. The third-order valence-corrected chi connectivity index (χ3v) is 14.2. The van der Waals surface area contributed by atoms with Gasteiger partial charge in [-0.3, -0.25) is 29.2 Å². The number of methoxy groups -OCH3 is 1. The predicted octanol–water partition coefficient (Wildman–Crippen LogP) is 5.65. The summed E-state index contributed by atoms with van der Waals surface area (Å²) in [5, 5.41) is 7.96. The largest absolute Gasteiger partial charge is 0.464 e. The molecule has 0 spiro atoms. The molecule has 16 heteroatoms. The second-order valence-corrected chi connectivity index (χ2v) is 19.2. The van der Waals surface area contributed by atoms with Gasteiger partial charge in [0.05, 0.1) is 41.6 Å². The molecule has 64 heavy (non-hydrogen) atoms. The zero-order valence-electron chi connectivity index (χ0n) is 38.9. The van der Waals surface area contributed by atoms with Crippen LogP contribution in [0.4, 0.5) is 0 Å². The van der Waals surface area contributed by atoms with Gasteiger partial charge in [-0.25, -0.2) is 10.4 Å². The number of hydrogen-bond donors (Lipinski definition) is 2. The fourth-order valence-electron chi connectivity index (χ4n) is 9.58. The SMILES string of the molecule is C=C/C(=C(\N=CC)[C@H](C)OC)c1c2c3cc(ccc3n1CC)-c1csc(n1)[C@@H](OCC)[C@H](NC(=O)[C@@H]1[C@@H](C)[C@H]1C(=O)N1CCN(C)CC1)C(=O)N1CCC[C@H](N1)C(=O)OCC(C)(C)C2. The van der Waals surface area contributed by atoms with Crippen molar-refractivity contribution in [2.24, 2.45) is 28.2 Å². The Kier molecular flexibility index (Phi) is 14.6. The highest BCUT2D eigenvalue weighted by Gasteiger charge is 2.58. The number of piperazine rings is 1. The summed E-state index contributed by atoms with van der Waals surface area (Å²) in [4.78, 5) is 70.8. The summed E-state index contributed by atoms with van der Waals surface area (Å²) in [5.41, 5.74) is 8.83. The Balaban J connectivity index is 1.33. The number of nitrogens with zero attached hydrogens (tertiary/aromatic N) is 6. The first-order valence-electron chi connectivity index (χ1n) is 22.8. The second-order valence-electron chi connectivity index (χ2n) is 18.3. The highest BCUT2D eigenvalue weighted by atomic mass is 32.1. The maximum atomic E-state index is 14.8. The number of carbonyl (C=O) groups is 4. The molecule has 5 heterocycles. The molecule has 0 unspecified atom stereocenters. The summed E-state index contributed by atoms with van der Waals surface area (Å²) >= 11 is 1.36. The zero-order chi connectivity index (χ0) is 46.0. The number of likely N-dealkylation sites (N-methyl/N-ethyl adjacent to an activating group) is 1. The average molecular weight is 899 g/mol. The summed E-state index contributed by atoms with van der Waals surface area (Å²) in [5.74, 6) is -2.59. The van der Waals surface area contributed by atoms with Crippen molar-refractivity contribution >= 4 is 57.7 Å². The number of carbonyl (C=O) groups excluding carboxylic acids is 4. The molecule has 3 aliphatic heterocycles. The average Bonchev–Trinajstić information content (AvgIpc) is 3.57. The second kappa shape index (κ2) is 19.8. The molecule has 0 radical (unpaired) electrons. The minimum atomic E-state index is -1.22. The van der Waals surface area contributed by atoms with Crippen LogP contribution in [0.25, 0.3) is 27.7 Å². The van der Waals surface area contributed by atoms with Crippen LogP contribution in [0.2, 0.25) is 0 Å². The highest BCUT2D eigenvalue weighted by Crippen LogP contribution is 2.48. The number of ether oxygens (including phenoxy) is 3. The maximum Gasteiger partial charge on any atom is 0.324 e. The van der Waals surface area contributed by atoms with Gasteiger partial charge in [0.1, 0.15) is 23.2 Å². The van der Waals surface area contributed by atoms with E-state index in [0.29, 0.717) is 56.1 Å². The fourth-order valence-corrected chi connectivity index (χ4v) is 10.5. The number of esters is 1. The number of allylic oxidation sites excluding steroid dienone is 2. The maximum absolute atomic E-state index is 14.8. The number of rotatable bonds is 11. The summed E-state index contributed by atoms with van der Waals surface area (Å²) in [6, 6.07) is 4.30. The third-order valence-electron chi connectivity index (χ3n) is 13.3. The molecule has 1 saturated carbocycles. The number of amides is 3. The monoisotopic (exact) mass is 898 g/mol. The van der Waals surface area contributed by atoms with E-state index in [-0.39, 0.29) is 37.0 Å². The molecule has 346 valence electrons. The first-order chi connectivity index (χ1) is 30.7. The van der Waals surface area contributed by atoms with E-state index in [1.165, 1.54) is 16.3 Å². The van der Waals surface area contributed by atoms with Crippen molar-refractivity contribution in [1.82, 2.24) is 35.1 Å². The molecule has 3 aromatic rings. The van der Waals surface area contributed by atoms with Gasteiger partial charge >= 0.3 is 5.97 Å². The Labute approximate surface area is 381 Å². The fraction of sp³-hybridized carbons (Fsp3) is 0.583. The quantitative estimate of drug-likeness (QED) is 0.140. The smallest absolute Gasteiger partial charge is 0.324 e. The number of benzene rings is 1. The van der Waals surface area contributed by atoms with Crippen LogP contribution in [0.3, 0.4) is 0 Å². The lowest BCUT2D eigenvalue weighted by Gasteiger charge is -2.37. The Morgan fingerprint density at radius 1 is 1.16 bits per heavy atom. The first kappa shape index (κ1) is 47.2. The number of aromatic nitrogens is 2. The van der Waals surface area contributed by atoms with Gasteiger partial charge in [0, 0.05) is 92.0 Å². The van der Waals surface area contributed by atoms with Crippen molar-refractivity contribution in [2.45, 2.75) is 98.6 Å². The molecule has 2 saturated heterocycles. The van der Waals surface area contributed by atoms with E-state index in [4.69, 9.17) is 24.2 Å². The molecule has 7 atom stereocenters. The molecule has 2 N–H and O–H groups in total. The Morgan fingerprint density at radius 3 is 2.58 bits per heavy atom. The lowest BCUT2D eigenvalue weighted by Crippen LogP contribution is -2.61. The Morgan fingerprint density at radius 2 is 1.91 bits per heavy atom. The highest BCUT2D eigenvalue weighted by molar-refractivity contribution is 7.10. The topological polar surface area (TPSA) is 160 Å². The van der Waals surface area contributed by atoms with Gasteiger partial charge in [-0.1, -0.05) is 39.5 Å². The molecule has 4 aliphatic rings. The first-order valence-corrected chi connectivity index (χ1v) is 23.7. The van der Waals surface area contributed by atoms with Gasteiger partial charge in [-0.2, -0.15) is 0 Å². The van der Waals surface area contributed by atoms with Crippen LogP contribution in [0.5, 0.6) is 0 Å². The number of aryl methyl sites for hydroxylation is 1. The van der Waals surface area contributed by atoms with Gasteiger partial charge in [-0.05, 0) is 77.6 Å². The number of nitrogens with one attached hydrogen (secondary N) is 2. The summed E-state index contributed by atoms with van der Waals surface area (Å²) < 4.78 is 20.6. The molecule has 2 aromatic heterocycles. The van der Waals surface area contributed by atoms with Crippen molar-refractivity contribution in [3.05, 3.63) is 58.2 Å². The number of cyclic esters (lactones) is 1. The normalized spacial score (nSPS) is 26.3. The molecular formula is C48H66N8O7S. The van der Waals surface area contributed by atoms with Crippen molar-refractivity contribution in [3.63, 3.8) is 0 Å². The van der Waals surface area contributed by atoms with E-state index in [0.717, 1.165) is 52.1 Å². The van der Waals surface area contributed by atoms with Crippen LogP contribution >= 0.6 is 11.3 Å². The standard InChI is InChI=1S/C48H66N8O7S/c1-11-31(39(49-12-2)29(6)61-10)41-33-25-48(7,8)27-63-47(60)34-16-15-19-56(52-34)46(59)40(51-43(57)37-28(5)38(37)45(58)54-22-20-53(9)21-23-54)42(62-14-4)44-50-35(26-64-44)30-17-18-36(32(33)24-30)55(41)13-3/h11-12,17-18,24,26,28-29,34,37-38,40,42,52H,1,13-16,19-23,25,27H2,2-10H3,(H,51,57)/b39-31+,49-12?/t28-,29+,34+,37-,38-,40+,42+/m1/s1. The van der Waals surface area contributed by atoms with E-state index in [2.05, 4.69) is 65.8 Å². The Bertz CT molecular complexity index is 2310. The lowest BCUT2D eigenvalue weighted by atomic mass is 9.84. The number of aliphatic imine (C=N–C) groups is 1. The van der Waals surface area contributed by atoms with Crippen molar-refractivity contribution in [3.8, 4) is 11.3 Å². The van der Waals surface area contributed by atoms with E-state index >= 15 is 0 Å². The summed E-state index contributed by atoms with van der Waals surface area (Å²) in [7, 11) is 3.70. The van der Waals surface area contributed by atoms with Crippen LogP contribution in [-0.2, 0) is 46.4 Å². The van der Waals surface area contributed by atoms with Crippen molar-refractivity contribution in [1.29, 1.82) is 0 Å². The van der Waals surface area contributed by atoms with Gasteiger partial charge in [0.15, 0.2) is 0 Å². The third kappa shape index (κ3) is 9.48. The van der Waals surface area contributed by atoms with Gasteiger partial charge in [0.2, 0.25) is 11.8 Å². The van der Waals surface area contributed by atoms with Crippen molar-refractivity contribution in [2.75, 3.05) is 60.1 Å². The Hall–Kier alpha value is -4.74. The zero-order valence-corrected chi connectivity index (χ0v) is 39.8. The van der Waals surface area contributed by atoms with Gasteiger partial charge in [-0.15, -0.1) is 11.3 Å². The van der Waals surface area contributed by atoms with Crippen LogP contribution in [-0.4, -0.2) is 133 Å². The molecule has 1 aromatic carbocycles. The number of hydrogen-bond acceptors (Lipinski definition) is 12. The van der Waals surface area contributed by atoms with Gasteiger partial charge < -0.3 is 33.9 Å². The van der Waals surface area contributed by atoms with E-state index < -0.39 is 47.3 Å². The van der Waals surface area contributed by atoms with Crippen LogP contribution in [0.1, 0.15) is 83.7 Å². The molecular weight excluding hydrogens is 833 g/mol.